The molecular weight excluding hydrogens is 633 g/mol. The Morgan fingerprint density at radius 2 is 1.78 bits per heavy atom. The van der Waals surface area contributed by atoms with E-state index in [1.165, 1.54) is 25.0 Å². The number of aryl methyl sites for hydroxylation is 1. The molecule has 13 heteroatoms. The second kappa shape index (κ2) is 15.3. The number of benzene rings is 2. The van der Waals surface area contributed by atoms with Crippen molar-refractivity contribution >= 4 is 35.0 Å². The Labute approximate surface area is 277 Å². The molecule has 0 atom stereocenters. The van der Waals surface area contributed by atoms with Gasteiger partial charge in [-0.25, -0.2) is 4.79 Å². The summed E-state index contributed by atoms with van der Waals surface area (Å²) in [6.45, 7) is 7.10. The Bertz CT molecular complexity index is 1760. The maximum atomic E-state index is 12.6. The molecule has 5 rings (SSSR count). The minimum Gasteiger partial charge on any atom is -0.496 e. The first-order chi connectivity index (χ1) is 22.1. The van der Waals surface area contributed by atoms with Crippen molar-refractivity contribution in [3.63, 3.8) is 0 Å². The average Bonchev–Trinajstić information content (AvgIpc) is 3.68. The van der Waals surface area contributed by atoms with Gasteiger partial charge in [-0.15, -0.1) is 11.5 Å². The number of fused-ring (bicyclic) bond motifs is 1. The maximum Gasteiger partial charge on any atom is 0.350 e. The largest absolute Gasteiger partial charge is 0.496 e. The van der Waals surface area contributed by atoms with E-state index in [1.807, 2.05) is 0 Å². The van der Waals surface area contributed by atoms with Crippen LogP contribution in [0, 0.1) is 12.3 Å². The molecule has 1 N–H and O–H groups in total. The molecule has 4 aromatic rings. The van der Waals surface area contributed by atoms with E-state index < -0.39 is 0 Å². The molecule has 2 aromatic carbocycles. The fourth-order valence-corrected chi connectivity index (χ4v) is 5.47. The van der Waals surface area contributed by atoms with Crippen LogP contribution in [0.3, 0.4) is 0 Å². The van der Waals surface area contributed by atoms with Gasteiger partial charge in [0.05, 0.1) is 35.6 Å². The van der Waals surface area contributed by atoms with Gasteiger partial charge in [0.25, 0.3) is 5.91 Å². The molecule has 11 nitrogen and oxygen atoms in total. The van der Waals surface area contributed by atoms with Crippen molar-refractivity contribution in [3.05, 3.63) is 74.0 Å². The molecule has 2 aromatic heterocycles. The predicted molar refractivity (Wildman–Crippen MR) is 177 cm³/mol. The topological polar surface area (TPSA) is 123 Å². The molecule has 3 heterocycles. The van der Waals surface area contributed by atoms with Gasteiger partial charge < -0.3 is 18.7 Å². The first kappa shape index (κ1) is 34.5. The molecule has 0 fully saturated rings. The van der Waals surface area contributed by atoms with Gasteiger partial charge in [0.2, 0.25) is 5.88 Å². The van der Waals surface area contributed by atoms with E-state index in [0.717, 1.165) is 43.6 Å². The fourth-order valence-electron chi connectivity index (χ4n) is 4.95. The maximum absolute atomic E-state index is 12.6. The number of aromatic nitrogens is 4. The van der Waals surface area contributed by atoms with E-state index >= 15 is 0 Å². The standard InChI is InChI=1S/C18H24N2O4.C15H13Cl2N3O2/c1-6-18(3,7-2)14-11-15(24-20-14)19-17(21)16-12(22-4)9-8-10-13(16)23-5;1-2-7-22-13-9-12(10(16)8-11(13)17)20-15(21)19-6-4-3-5-14(19)18-20/h8-11H,6-7H2,1-5H3,(H,19,21);1,8-9H,3-7H2. The number of terminal acetylenes is 1. The Balaban J connectivity index is 0.000000209. The van der Waals surface area contributed by atoms with Crippen LogP contribution in [0.25, 0.3) is 5.69 Å². The van der Waals surface area contributed by atoms with Crippen LogP contribution in [0.2, 0.25) is 10.0 Å². The molecule has 1 aliphatic heterocycles. The van der Waals surface area contributed by atoms with Crippen LogP contribution in [-0.4, -0.2) is 46.2 Å². The molecule has 1 aliphatic rings. The van der Waals surface area contributed by atoms with Crippen LogP contribution in [-0.2, 0) is 18.4 Å². The van der Waals surface area contributed by atoms with Crippen LogP contribution < -0.4 is 25.2 Å². The van der Waals surface area contributed by atoms with Crippen LogP contribution in [0.1, 0.15) is 68.3 Å². The summed E-state index contributed by atoms with van der Waals surface area (Å²) >= 11 is 12.3. The molecule has 46 heavy (non-hydrogen) atoms. The highest BCUT2D eigenvalue weighted by atomic mass is 35.5. The van der Waals surface area contributed by atoms with Gasteiger partial charge in [0.15, 0.2) is 0 Å². The zero-order chi connectivity index (χ0) is 33.4. The number of hydrogen-bond donors (Lipinski definition) is 1. The molecule has 0 radical (unpaired) electrons. The summed E-state index contributed by atoms with van der Waals surface area (Å²) in [4.78, 5) is 25.1. The third-order valence-corrected chi connectivity index (χ3v) is 8.69. The van der Waals surface area contributed by atoms with Crippen molar-refractivity contribution in [2.75, 3.05) is 26.1 Å². The number of rotatable bonds is 10. The molecule has 0 aliphatic carbocycles. The molecular formula is C33H37Cl2N5O6. The van der Waals surface area contributed by atoms with Crippen molar-refractivity contribution in [1.29, 1.82) is 0 Å². The normalized spacial score (nSPS) is 12.3. The number of nitrogens with one attached hydrogen (secondary N) is 1. The lowest BCUT2D eigenvalue weighted by Crippen LogP contribution is -2.26. The van der Waals surface area contributed by atoms with Gasteiger partial charge in [0.1, 0.15) is 35.2 Å². The quantitative estimate of drug-likeness (QED) is 0.185. The van der Waals surface area contributed by atoms with Crippen molar-refractivity contribution in [2.24, 2.45) is 0 Å². The first-order valence-corrected chi connectivity index (χ1v) is 15.6. The third-order valence-electron chi connectivity index (χ3n) is 8.09. The SMILES string of the molecule is C#CCOc1cc(-n2nc3n(c2=O)CCCC3)c(Cl)cc1Cl.CCC(C)(CC)c1cc(NC(=O)c2c(OC)cccc2OC)on1. The summed E-state index contributed by atoms with van der Waals surface area (Å²) in [5, 5.41) is 11.9. The number of amides is 1. The minimum absolute atomic E-state index is 0.0748. The minimum atomic E-state index is -0.373. The molecule has 0 spiro atoms. The van der Waals surface area contributed by atoms with Crippen molar-refractivity contribution in [2.45, 2.75) is 64.8 Å². The summed E-state index contributed by atoms with van der Waals surface area (Å²) in [6.07, 6.45) is 9.84. The average molecular weight is 671 g/mol. The van der Waals surface area contributed by atoms with E-state index in [2.05, 4.69) is 42.3 Å². The number of anilines is 1. The van der Waals surface area contributed by atoms with Crippen molar-refractivity contribution < 1.29 is 23.5 Å². The molecule has 0 bridgehead atoms. The van der Waals surface area contributed by atoms with Crippen LogP contribution in [0.15, 0.2) is 45.7 Å². The summed E-state index contributed by atoms with van der Waals surface area (Å²) in [5.74, 6) is 4.30. The fraction of sp³-hybridized carbons (Fsp3) is 0.394. The van der Waals surface area contributed by atoms with Crippen molar-refractivity contribution in [3.8, 4) is 35.3 Å². The summed E-state index contributed by atoms with van der Waals surface area (Å²) in [6, 6.07) is 10.0. The van der Waals surface area contributed by atoms with Crippen molar-refractivity contribution in [1.82, 2.24) is 19.5 Å². The number of nitrogens with zero attached hydrogens (tertiary/aromatic N) is 4. The molecule has 0 saturated carbocycles. The number of carbonyl (C=O) groups is 1. The predicted octanol–water partition coefficient (Wildman–Crippen LogP) is 6.71. The highest BCUT2D eigenvalue weighted by molar-refractivity contribution is 6.36. The molecule has 0 unspecified atom stereocenters. The second-order valence-corrected chi connectivity index (χ2v) is 11.6. The van der Waals surface area contributed by atoms with E-state index in [-0.39, 0.29) is 23.6 Å². The lowest BCUT2D eigenvalue weighted by Gasteiger charge is -2.22. The number of ether oxygens (including phenoxy) is 3. The number of halogens is 2. The Morgan fingerprint density at radius 3 is 2.39 bits per heavy atom. The first-order valence-electron chi connectivity index (χ1n) is 14.8. The summed E-state index contributed by atoms with van der Waals surface area (Å²) < 4.78 is 24.1. The Kier molecular flexibility index (Phi) is 11.4. The zero-order valence-corrected chi connectivity index (χ0v) is 28.0. The number of carbonyl (C=O) groups excluding carboxylic acids is 1. The third kappa shape index (κ3) is 7.35. The summed E-state index contributed by atoms with van der Waals surface area (Å²) in [5.41, 5.74) is 1.30. The van der Waals surface area contributed by atoms with E-state index in [1.54, 1.807) is 34.9 Å². The highest BCUT2D eigenvalue weighted by Gasteiger charge is 2.28. The number of hydrogen-bond acceptors (Lipinski definition) is 8. The van der Waals surface area contributed by atoms with Gasteiger partial charge in [-0.05, 0) is 43.9 Å². The Hall–Kier alpha value is -4.40. The monoisotopic (exact) mass is 669 g/mol. The summed E-state index contributed by atoms with van der Waals surface area (Å²) in [7, 11) is 3.01. The van der Waals surface area contributed by atoms with Gasteiger partial charge >= 0.3 is 5.69 Å². The zero-order valence-electron chi connectivity index (χ0n) is 26.5. The molecule has 0 saturated heterocycles. The molecule has 244 valence electrons. The van der Waals surface area contributed by atoms with Gasteiger partial charge in [-0.1, -0.05) is 61.1 Å². The number of methoxy groups -OCH3 is 2. The van der Waals surface area contributed by atoms with E-state index in [4.69, 9.17) is 48.4 Å². The van der Waals surface area contributed by atoms with E-state index in [0.29, 0.717) is 51.0 Å². The Morgan fingerprint density at radius 1 is 1.09 bits per heavy atom. The second-order valence-electron chi connectivity index (χ2n) is 10.8. The van der Waals surface area contributed by atoms with Gasteiger partial charge in [-0.2, -0.15) is 4.68 Å². The van der Waals surface area contributed by atoms with Crippen LogP contribution >= 0.6 is 23.2 Å². The highest BCUT2D eigenvalue weighted by Crippen LogP contribution is 2.34. The van der Waals surface area contributed by atoms with Crippen LogP contribution in [0.4, 0.5) is 5.88 Å². The van der Waals surface area contributed by atoms with E-state index in [9.17, 15) is 9.59 Å². The van der Waals surface area contributed by atoms with Gasteiger partial charge in [-0.3, -0.25) is 14.7 Å². The lowest BCUT2D eigenvalue weighted by atomic mass is 9.81. The van der Waals surface area contributed by atoms with Gasteiger partial charge in [0, 0.05) is 30.5 Å². The smallest absolute Gasteiger partial charge is 0.350 e. The molecule has 1 amide bonds. The van der Waals surface area contributed by atoms with Crippen LogP contribution in [0.5, 0.6) is 17.2 Å². The lowest BCUT2D eigenvalue weighted by molar-refractivity contribution is 0.101.